The zero-order valence-electron chi connectivity index (χ0n) is 11.6. The molecule has 0 amide bonds. The van der Waals surface area contributed by atoms with Crippen molar-refractivity contribution >= 4 is 15.9 Å². The lowest BCUT2D eigenvalue weighted by atomic mass is 9.78. The first-order valence-electron chi connectivity index (χ1n) is 7.40. The van der Waals surface area contributed by atoms with Crippen molar-refractivity contribution in [2.24, 2.45) is 5.92 Å². The number of halogens is 1. The van der Waals surface area contributed by atoms with E-state index in [1.165, 1.54) is 37.8 Å². The molecule has 0 spiro atoms. The maximum atomic E-state index is 3.68. The van der Waals surface area contributed by atoms with Gasteiger partial charge in [0.25, 0.3) is 0 Å². The lowest BCUT2D eigenvalue weighted by Crippen LogP contribution is -2.48. The Bertz CT molecular complexity index is 413. The highest BCUT2D eigenvalue weighted by Gasteiger charge is 2.34. The van der Waals surface area contributed by atoms with E-state index < -0.39 is 0 Å². The molecule has 0 saturated heterocycles. The minimum atomic E-state index is 0.773. The van der Waals surface area contributed by atoms with E-state index in [2.05, 4.69) is 57.5 Å². The van der Waals surface area contributed by atoms with Gasteiger partial charge in [0.1, 0.15) is 0 Å². The number of rotatable bonds is 6. The molecule has 2 atom stereocenters. The van der Waals surface area contributed by atoms with Gasteiger partial charge >= 0.3 is 0 Å². The molecule has 104 valence electrons. The number of hydrogen-bond donors (Lipinski definition) is 1. The SMILES string of the molecule is CN(Cc1ccc(Br)cc1)C1CCC1CNC1CC1. The van der Waals surface area contributed by atoms with Crippen LogP contribution < -0.4 is 5.32 Å². The van der Waals surface area contributed by atoms with Crippen LogP contribution in [-0.4, -0.2) is 30.6 Å². The smallest absolute Gasteiger partial charge is 0.0233 e. The van der Waals surface area contributed by atoms with Crippen molar-refractivity contribution in [1.29, 1.82) is 0 Å². The van der Waals surface area contributed by atoms with Crippen LogP contribution in [0.1, 0.15) is 31.2 Å². The van der Waals surface area contributed by atoms with Crippen molar-refractivity contribution in [2.45, 2.75) is 44.3 Å². The molecule has 0 radical (unpaired) electrons. The fourth-order valence-corrected chi connectivity index (χ4v) is 3.23. The second-order valence-corrected chi connectivity index (χ2v) is 7.04. The molecule has 2 saturated carbocycles. The molecular weight excluding hydrogens is 300 g/mol. The quantitative estimate of drug-likeness (QED) is 0.863. The molecule has 0 aromatic heterocycles. The second kappa shape index (κ2) is 5.94. The summed E-state index contributed by atoms with van der Waals surface area (Å²) in [4.78, 5) is 2.53. The van der Waals surface area contributed by atoms with Crippen LogP contribution >= 0.6 is 15.9 Å². The third-order valence-corrected chi connectivity index (χ3v) is 5.06. The first kappa shape index (κ1) is 13.6. The Labute approximate surface area is 124 Å². The summed E-state index contributed by atoms with van der Waals surface area (Å²) in [5.41, 5.74) is 1.41. The predicted molar refractivity (Wildman–Crippen MR) is 83.1 cm³/mol. The average Bonchev–Trinajstić information content (AvgIpc) is 3.15. The Hall–Kier alpha value is -0.380. The van der Waals surface area contributed by atoms with Gasteiger partial charge in [0.05, 0.1) is 0 Å². The molecule has 3 rings (SSSR count). The third-order valence-electron chi connectivity index (χ3n) is 4.53. The number of benzene rings is 1. The fraction of sp³-hybridized carbons (Fsp3) is 0.625. The average molecular weight is 323 g/mol. The highest BCUT2D eigenvalue weighted by atomic mass is 79.9. The molecule has 0 heterocycles. The summed E-state index contributed by atoms with van der Waals surface area (Å²) >= 11 is 3.49. The van der Waals surface area contributed by atoms with Gasteiger partial charge in [-0.2, -0.15) is 0 Å². The van der Waals surface area contributed by atoms with Crippen molar-refractivity contribution < 1.29 is 0 Å². The van der Waals surface area contributed by atoms with Gasteiger partial charge in [-0.25, -0.2) is 0 Å². The Balaban J connectivity index is 1.48. The first-order valence-corrected chi connectivity index (χ1v) is 8.20. The Morgan fingerprint density at radius 2 is 1.89 bits per heavy atom. The van der Waals surface area contributed by atoms with E-state index in [0.29, 0.717) is 0 Å². The highest BCUT2D eigenvalue weighted by Crippen LogP contribution is 2.32. The topological polar surface area (TPSA) is 15.3 Å². The summed E-state index contributed by atoms with van der Waals surface area (Å²) in [6.45, 7) is 2.29. The lowest BCUT2D eigenvalue weighted by Gasteiger charge is -2.43. The molecule has 1 aromatic carbocycles. The predicted octanol–water partition coefficient (Wildman–Crippen LogP) is 3.41. The van der Waals surface area contributed by atoms with Gasteiger partial charge in [0.2, 0.25) is 0 Å². The maximum absolute atomic E-state index is 3.68. The van der Waals surface area contributed by atoms with Crippen molar-refractivity contribution in [3.63, 3.8) is 0 Å². The van der Waals surface area contributed by atoms with Crippen LogP contribution in [0, 0.1) is 5.92 Å². The summed E-state index contributed by atoms with van der Waals surface area (Å²) < 4.78 is 1.16. The highest BCUT2D eigenvalue weighted by molar-refractivity contribution is 9.10. The van der Waals surface area contributed by atoms with Crippen molar-refractivity contribution in [1.82, 2.24) is 10.2 Å². The fourth-order valence-electron chi connectivity index (χ4n) is 2.97. The lowest BCUT2D eigenvalue weighted by molar-refractivity contribution is 0.0778. The van der Waals surface area contributed by atoms with Crippen molar-refractivity contribution in [3.8, 4) is 0 Å². The van der Waals surface area contributed by atoms with Crippen LogP contribution in [0.2, 0.25) is 0 Å². The second-order valence-electron chi connectivity index (χ2n) is 6.13. The van der Waals surface area contributed by atoms with Gasteiger partial charge in [-0.3, -0.25) is 4.90 Å². The van der Waals surface area contributed by atoms with Crippen molar-refractivity contribution in [2.75, 3.05) is 13.6 Å². The van der Waals surface area contributed by atoms with Gasteiger partial charge in [-0.05, 0) is 62.9 Å². The summed E-state index contributed by atoms with van der Waals surface area (Å²) in [5.74, 6) is 0.862. The minimum Gasteiger partial charge on any atom is -0.314 e. The molecule has 2 aliphatic carbocycles. The molecule has 0 bridgehead atoms. The van der Waals surface area contributed by atoms with E-state index in [1.807, 2.05) is 0 Å². The normalized spacial score (nSPS) is 26.5. The Morgan fingerprint density at radius 3 is 2.47 bits per heavy atom. The maximum Gasteiger partial charge on any atom is 0.0233 e. The monoisotopic (exact) mass is 322 g/mol. The van der Waals surface area contributed by atoms with E-state index in [4.69, 9.17) is 0 Å². The van der Waals surface area contributed by atoms with Gasteiger partial charge < -0.3 is 5.32 Å². The van der Waals surface area contributed by atoms with Gasteiger partial charge in [-0.15, -0.1) is 0 Å². The summed E-state index contributed by atoms with van der Waals surface area (Å²) in [6.07, 6.45) is 5.55. The number of hydrogen-bond acceptors (Lipinski definition) is 2. The molecular formula is C16H23BrN2. The van der Waals surface area contributed by atoms with Gasteiger partial charge in [0, 0.05) is 23.1 Å². The van der Waals surface area contributed by atoms with Crippen LogP contribution in [0.25, 0.3) is 0 Å². The summed E-state index contributed by atoms with van der Waals surface area (Å²) in [7, 11) is 2.27. The molecule has 1 N–H and O–H groups in total. The number of nitrogens with one attached hydrogen (secondary N) is 1. The van der Waals surface area contributed by atoms with E-state index in [1.54, 1.807) is 0 Å². The van der Waals surface area contributed by atoms with Crippen LogP contribution in [0.5, 0.6) is 0 Å². The van der Waals surface area contributed by atoms with E-state index in [9.17, 15) is 0 Å². The van der Waals surface area contributed by atoms with E-state index in [-0.39, 0.29) is 0 Å². The molecule has 2 aliphatic rings. The third kappa shape index (κ3) is 3.59. The van der Waals surface area contributed by atoms with E-state index in [0.717, 1.165) is 29.0 Å². The summed E-state index contributed by atoms with van der Waals surface area (Å²) in [5, 5.41) is 3.68. The molecule has 2 unspecified atom stereocenters. The van der Waals surface area contributed by atoms with E-state index >= 15 is 0 Å². The Kier molecular flexibility index (Phi) is 4.25. The first-order chi connectivity index (χ1) is 9.22. The molecule has 2 fully saturated rings. The molecule has 0 aliphatic heterocycles. The standard InChI is InChI=1S/C16H23BrN2/c1-19(11-12-2-5-14(17)6-3-12)16-9-4-13(16)10-18-15-7-8-15/h2-3,5-6,13,15-16,18H,4,7-11H2,1H3. The zero-order chi connectivity index (χ0) is 13.2. The summed E-state index contributed by atoms with van der Waals surface area (Å²) in [6, 6.07) is 10.3. The van der Waals surface area contributed by atoms with Crippen LogP contribution in [0.3, 0.4) is 0 Å². The van der Waals surface area contributed by atoms with Crippen molar-refractivity contribution in [3.05, 3.63) is 34.3 Å². The molecule has 2 nitrogen and oxygen atoms in total. The molecule has 1 aromatic rings. The zero-order valence-corrected chi connectivity index (χ0v) is 13.2. The number of nitrogens with zero attached hydrogens (tertiary/aromatic N) is 1. The van der Waals surface area contributed by atoms with Gasteiger partial charge in [0.15, 0.2) is 0 Å². The van der Waals surface area contributed by atoms with Gasteiger partial charge in [-0.1, -0.05) is 28.1 Å². The van der Waals surface area contributed by atoms with Crippen LogP contribution in [0.4, 0.5) is 0 Å². The molecule has 3 heteroatoms. The van der Waals surface area contributed by atoms with Crippen LogP contribution in [0.15, 0.2) is 28.7 Å². The molecule has 19 heavy (non-hydrogen) atoms. The largest absolute Gasteiger partial charge is 0.314 e. The Morgan fingerprint density at radius 1 is 1.16 bits per heavy atom. The minimum absolute atomic E-state index is 0.773. The van der Waals surface area contributed by atoms with Crippen LogP contribution in [-0.2, 0) is 6.54 Å².